The van der Waals surface area contributed by atoms with Crippen LogP contribution < -0.4 is 0 Å². The number of hydrogen-bond donors (Lipinski definition) is 1. The predicted octanol–water partition coefficient (Wildman–Crippen LogP) is 5.00. The maximum Gasteiger partial charge on any atom is 0.302 e. The molecular weight excluding hydrogens is 450 g/mol. The third-order valence-corrected chi connectivity index (χ3v) is 10.4. The van der Waals surface area contributed by atoms with Crippen molar-refractivity contribution in [3.63, 3.8) is 0 Å². The van der Waals surface area contributed by atoms with Gasteiger partial charge in [0.1, 0.15) is 6.10 Å². The van der Waals surface area contributed by atoms with E-state index in [-0.39, 0.29) is 39.9 Å². The maximum absolute atomic E-state index is 12.8. The molecule has 0 bridgehead atoms. The van der Waals surface area contributed by atoms with Crippen LogP contribution in [0.5, 0.6) is 0 Å². The number of carbonyl (C=O) groups excluding carboxylic acids is 3. The number of thioether (sulfide) groups is 1. The molecule has 0 saturated heterocycles. The van der Waals surface area contributed by atoms with Crippen LogP contribution in [0.2, 0.25) is 0 Å². The Morgan fingerprint density at radius 2 is 1.68 bits per heavy atom. The number of allylic oxidation sites excluding steroid dienone is 3. The van der Waals surface area contributed by atoms with Crippen LogP contribution in [0.1, 0.15) is 79.6 Å². The Kier molecular flexibility index (Phi) is 5.54. The van der Waals surface area contributed by atoms with E-state index in [0.29, 0.717) is 17.8 Å². The van der Waals surface area contributed by atoms with E-state index >= 15 is 0 Å². The monoisotopic (exact) mass is 485 g/mol. The second kappa shape index (κ2) is 7.97. The molecule has 7 nitrogen and oxygen atoms in total. The molecule has 0 unspecified atom stereocenters. The zero-order valence-electron chi connectivity index (χ0n) is 20.8. The summed E-state index contributed by atoms with van der Waals surface area (Å²) < 4.78 is 5.57. The van der Waals surface area contributed by atoms with Crippen LogP contribution >= 0.6 is 11.8 Å². The Morgan fingerprint density at radius 1 is 1.00 bits per heavy atom. The van der Waals surface area contributed by atoms with E-state index in [1.54, 1.807) is 0 Å². The van der Waals surface area contributed by atoms with Crippen LogP contribution in [0.15, 0.2) is 22.3 Å². The molecule has 0 aromatic rings. The molecule has 5 rings (SSSR count). The number of nitrogens with zero attached hydrogens (tertiary/aromatic N) is 2. The minimum Gasteiger partial charge on any atom is -0.462 e. The zero-order valence-corrected chi connectivity index (χ0v) is 21.6. The van der Waals surface area contributed by atoms with Gasteiger partial charge in [0.15, 0.2) is 5.17 Å². The van der Waals surface area contributed by atoms with Gasteiger partial charge in [-0.2, -0.15) is 5.01 Å². The molecule has 34 heavy (non-hydrogen) atoms. The van der Waals surface area contributed by atoms with Crippen LogP contribution in [-0.2, 0) is 19.1 Å². The van der Waals surface area contributed by atoms with Crippen LogP contribution in [0.4, 0.5) is 0 Å². The summed E-state index contributed by atoms with van der Waals surface area (Å²) in [5.41, 5.74) is 2.34. The minimum atomic E-state index is -0.303. The number of esters is 1. The number of ether oxygens (including phenoxy) is 1. The minimum absolute atomic E-state index is 0.00760. The number of fused-ring (bicyclic) bond motifs is 6. The third kappa shape index (κ3) is 3.31. The van der Waals surface area contributed by atoms with Crippen molar-refractivity contribution in [3.8, 4) is 0 Å². The van der Waals surface area contributed by atoms with Crippen molar-refractivity contribution in [2.75, 3.05) is 0 Å². The molecular formula is C26H35N3O4S. The highest BCUT2D eigenvalue weighted by molar-refractivity contribution is 8.17. The summed E-state index contributed by atoms with van der Waals surface area (Å²) in [6.45, 7) is 9.09. The maximum atomic E-state index is 12.8. The van der Waals surface area contributed by atoms with E-state index in [0.717, 1.165) is 55.5 Å². The van der Waals surface area contributed by atoms with Gasteiger partial charge in [0, 0.05) is 37.5 Å². The van der Waals surface area contributed by atoms with Gasteiger partial charge in [-0.15, -0.1) is 0 Å². The molecule has 0 aromatic carbocycles. The number of carbonyl (C=O) groups is 3. The van der Waals surface area contributed by atoms with Gasteiger partial charge in [-0.1, -0.05) is 37.3 Å². The van der Waals surface area contributed by atoms with Gasteiger partial charge in [-0.05, 0) is 61.7 Å². The molecule has 2 saturated carbocycles. The van der Waals surface area contributed by atoms with E-state index in [9.17, 15) is 14.4 Å². The second-order valence-electron chi connectivity index (χ2n) is 11.2. The fourth-order valence-corrected chi connectivity index (χ4v) is 9.16. The van der Waals surface area contributed by atoms with Crippen molar-refractivity contribution >= 4 is 34.7 Å². The Balaban J connectivity index is 1.47. The SMILES string of the molecule is CC(=O)O[C@H]1CC[C@@]2(C)C(=CC[C@@H]3[C@@H]2CC[C@]2(C)C4=C(C[C@@H]32)SC(=N)N(C(C)=O)N4C(C)=O)C1. The third-order valence-electron chi connectivity index (χ3n) is 9.41. The summed E-state index contributed by atoms with van der Waals surface area (Å²) in [6, 6.07) is 0. The standard InChI is InChI=1S/C26H35N3O4S/c1-14(30)28-23-22(34-24(27)29(28)15(2)31)13-21-19-7-6-17-12-18(33-16(3)32)8-10-25(17,4)20(19)9-11-26(21,23)5/h6,18-21,27H,7-13H2,1-5H3/t18-,19+,20-,21-,25-,26-/m0/s1. The number of amidine groups is 1. The number of rotatable bonds is 1. The zero-order chi connectivity index (χ0) is 24.6. The van der Waals surface area contributed by atoms with Crippen LogP contribution in [0, 0.1) is 34.0 Å². The number of amides is 2. The molecule has 5 aliphatic rings. The second-order valence-corrected chi connectivity index (χ2v) is 12.3. The molecule has 8 heteroatoms. The molecule has 1 aliphatic heterocycles. The van der Waals surface area contributed by atoms with E-state index < -0.39 is 0 Å². The Labute approximate surface area is 205 Å². The average Bonchev–Trinajstić information content (AvgIpc) is 3.04. The van der Waals surface area contributed by atoms with Gasteiger partial charge < -0.3 is 4.74 Å². The van der Waals surface area contributed by atoms with Gasteiger partial charge in [-0.3, -0.25) is 19.8 Å². The first-order chi connectivity index (χ1) is 16.0. The molecule has 6 atom stereocenters. The van der Waals surface area contributed by atoms with E-state index in [1.807, 2.05) is 0 Å². The van der Waals surface area contributed by atoms with Gasteiger partial charge in [-0.25, -0.2) is 5.01 Å². The van der Waals surface area contributed by atoms with Gasteiger partial charge in [0.2, 0.25) is 11.8 Å². The molecule has 2 fully saturated rings. The molecule has 0 radical (unpaired) electrons. The molecule has 0 spiro atoms. The summed E-state index contributed by atoms with van der Waals surface area (Å²) in [5.74, 6) is 0.727. The molecule has 4 aliphatic carbocycles. The lowest BCUT2D eigenvalue weighted by molar-refractivity contribution is -0.151. The highest BCUT2D eigenvalue weighted by Gasteiger charge is 2.61. The molecule has 0 aromatic heterocycles. The average molecular weight is 486 g/mol. The van der Waals surface area contributed by atoms with Crippen LogP contribution in [-0.4, -0.2) is 39.1 Å². The first kappa shape index (κ1) is 23.6. The predicted molar refractivity (Wildman–Crippen MR) is 130 cm³/mol. The lowest BCUT2D eigenvalue weighted by atomic mass is 9.47. The summed E-state index contributed by atoms with van der Waals surface area (Å²) in [4.78, 5) is 37.8. The van der Waals surface area contributed by atoms with E-state index in [1.165, 1.54) is 48.1 Å². The fraction of sp³-hybridized carbons (Fsp3) is 0.692. The normalized spacial score (nSPS) is 39.0. The van der Waals surface area contributed by atoms with E-state index in [2.05, 4.69) is 19.9 Å². The van der Waals surface area contributed by atoms with Crippen molar-refractivity contribution in [2.24, 2.45) is 28.6 Å². The first-order valence-corrected chi connectivity index (χ1v) is 13.3. The molecule has 2 amide bonds. The van der Waals surface area contributed by atoms with Crippen molar-refractivity contribution in [3.05, 3.63) is 22.3 Å². The fourth-order valence-electron chi connectivity index (χ4n) is 7.95. The molecule has 1 N–H and O–H groups in total. The van der Waals surface area contributed by atoms with Gasteiger partial charge in [0.05, 0.1) is 5.70 Å². The summed E-state index contributed by atoms with van der Waals surface area (Å²) in [6.07, 6.45) is 9.11. The first-order valence-electron chi connectivity index (χ1n) is 12.5. The van der Waals surface area contributed by atoms with Crippen molar-refractivity contribution in [1.29, 1.82) is 5.41 Å². The quantitative estimate of drug-likeness (QED) is 0.417. The van der Waals surface area contributed by atoms with Gasteiger partial charge in [0.25, 0.3) is 0 Å². The lowest BCUT2D eigenvalue weighted by Crippen LogP contribution is -2.56. The smallest absolute Gasteiger partial charge is 0.302 e. The summed E-state index contributed by atoms with van der Waals surface area (Å²) >= 11 is 1.36. The Morgan fingerprint density at radius 3 is 2.32 bits per heavy atom. The summed E-state index contributed by atoms with van der Waals surface area (Å²) in [7, 11) is 0. The van der Waals surface area contributed by atoms with Crippen LogP contribution in [0.3, 0.4) is 0 Å². The Bertz CT molecular complexity index is 1050. The van der Waals surface area contributed by atoms with Crippen molar-refractivity contribution in [1.82, 2.24) is 10.0 Å². The van der Waals surface area contributed by atoms with Crippen LogP contribution in [0.25, 0.3) is 0 Å². The van der Waals surface area contributed by atoms with Crippen molar-refractivity contribution in [2.45, 2.75) is 85.7 Å². The number of nitrogens with one attached hydrogen (secondary N) is 1. The van der Waals surface area contributed by atoms with E-state index in [4.69, 9.17) is 10.1 Å². The highest BCUT2D eigenvalue weighted by atomic mass is 32.2. The van der Waals surface area contributed by atoms with Gasteiger partial charge >= 0.3 is 5.97 Å². The number of hydrogen-bond acceptors (Lipinski definition) is 6. The highest BCUT2D eigenvalue weighted by Crippen LogP contribution is 2.68. The Hall–Kier alpha value is -2.09. The summed E-state index contributed by atoms with van der Waals surface area (Å²) in [5, 5.41) is 11.3. The van der Waals surface area contributed by atoms with Crippen molar-refractivity contribution < 1.29 is 19.1 Å². The lowest BCUT2D eigenvalue weighted by Gasteiger charge is -2.58. The molecule has 184 valence electrons. The number of hydrazine groups is 1. The molecule has 1 heterocycles. The largest absolute Gasteiger partial charge is 0.462 e. The topological polar surface area (TPSA) is 90.8 Å².